The fraction of sp³-hybridized carbons (Fsp3) is 0.381. The summed E-state index contributed by atoms with van der Waals surface area (Å²) in [6.45, 7) is 9.54. The van der Waals surface area contributed by atoms with Gasteiger partial charge in [-0.2, -0.15) is 4.90 Å². The number of nitrogens with one attached hydrogen (secondary N) is 2. The Morgan fingerprint density at radius 3 is 2.10 bits per heavy atom. The third-order valence-electron chi connectivity index (χ3n) is 8.98. The number of pyridine rings is 1. The summed E-state index contributed by atoms with van der Waals surface area (Å²) in [6.07, 6.45) is -0.194. The summed E-state index contributed by atoms with van der Waals surface area (Å²) in [6, 6.07) is 10.4. The Morgan fingerprint density at radius 1 is 0.883 bits per heavy atom. The molecule has 5 rings (SSSR count). The highest BCUT2D eigenvalue weighted by molar-refractivity contribution is 7.92. The molecule has 1 aliphatic rings. The number of carbonyl (C=O) groups is 5. The van der Waals surface area contributed by atoms with Gasteiger partial charge >= 0.3 is 18.2 Å². The minimum Gasteiger partial charge on any atom is -0.479 e. The molecule has 1 unspecified atom stereocenters. The van der Waals surface area contributed by atoms with Gasteiger partial charge < -0.3 is 30.1 Å². The zero-order chi connectivity index (χ0) is 44.3. The molecule has 1 fully saturated rings. The molecule has 0 radical (unpaired) electrons. The summed E-state index contributed by atoms with van der Waals surface area (Å²) in [5.41, 5.74) is -1.22. The van der Waals surface area contributed by atoms with E-state index in [1.807, 2.05) is 0 Å². The average Bonchev–Trinajstić information content (AvgIpc) is 4.00. The zero-order valence-electron chi connectivity index (χ0n) is 34.2. The predicted octanol–water partition coefficient (Wildman–Crippen LogP) is 7.52. The van der Waals surface area contributed by atoms with E-state index in [1.54, 1.807) is 41.5 Å². The Morgan fingerprint density at radius 2 is 1.52 bits per heavy atom. The number of amides is 4. The normalized spacial score (nSPS) is 13.6. The van der Waals surface area contributed by atoms with E-state index in [0.717, 1.165) is 12.3 Å². The lowest BCUT2D eigenvalue weighted by Gasteiger charge is -2.28. The SMILES string of the molecule is CN(C=O)Cc1cc(NC(=O)CCc2cc(C(Nc3ccc4c(N(C(=O)OC(C)(C)C)C(=O)OC(C)(C)C)ncc(F)c4c3)C(=O)O)ccc2F)ccc1S(=O)(=O)C1CC1. The van der Waals surface area contributed by atoms with E-state index in [-0.39, 0.29) is 63.4 Å². The van der Waals surface area contributed by atoms with Crippen LogP contribution in [0.3, 0.4) is 0 Å². The van der Waals surface area contributed by atoms with Gasteiger partial charge in [-0.1, -0.05) is 12.1 Å². The number of sulfone groups is 1. The lowest BCUT2D eigenvalue weighted by molar-refractivity contribution is -0.138. The van der Waals surface area contributed by atoms with Crippen molar-refractivity contribution in [1.82, 2.24) is 9.88 Å². The Hall–Kier alpha value is -6.17. The van der Waals surface area contributed by atoms with Crippen molar-refractivity contribution in [2.24, 2.45) is 0 Å². The lowest BCUT2D eigenvalue weighted by Crippen LogP contribution is -2.44. The first kappa shape index (κ1) is 44.9. The number of halogens is 2. The summed E-state index contributed by atoms with van der Waals surface area (Å²) in [5, 5.41) is 15.1. The van der Waals surface area contributed by atoms with Crippen LogP contribution in [0.1, 0.15) is 83.5 Å². The standard InChI is InChI=1S/C42H47F2N5O10S/c1-41(2,3)58-39(54)49(40(55)59-42(4,5)6)37-30-14-10-28(20-31(30)33(44)21-45-37)47-36(38(52)53)25-8-15-32(43)24(18-25)9-17-35(51)46-27-11-16-34(60(56,57)29-12-13-29)26(19-27)22-48(7)23-50/h8,10-11,14-16,18-21,23,29,36,47H,9,12-13,17,22H2,1-7H3,(H,46,51)(H,52,53). The number of anilines is 3. The van der Waals surface area contributed by atoms with E-state index < -0.39 is 68.0 Å². The van der Waals surface area contributed by atoms with Crippen LogP contribution in [0.4, 0.5) is 35.6 Å². The van der Waals surface area contributed by atoms with Crippen molar-refractivity contribution in [3.8, 4) is 0 Å². The molecule has 15 nitrogen and oxygen atoms in total. The van der Waals surface area contributed by atoms with E-state index >= 15 is 8.78 Å². The van der Waals surface area contributed by atoms with Crippen LogP contribution < -0.4 is 15.5 Å². The van der Waals surface area contributed by atoms with Gasteiger partial charge in [0.05, 0.1) is 16.3 Å². The minimum atomic E-state index is -3.61. The number of ether oxygens (including phenoxy) is 2. The van der Waals surface area contributed by atoms with Crippen molar-refractivity contribution >= 4 is 68.3 Å². The number of benzene rings is 3. The lowest BCUT2D eigenvalue weighted by atomic mass is 10.00. The molecule has 1 aliphatic carbocycles. The van der Waals surface area contributed by atoms with E-state index in [2.05, 4.69) is 15.6 Å². The number of hydrogen-bond donors (Lipinski definition) is 3. The smallest absolute Gasteiger partial charge is 0.425 e. The van der Waals surface area contributed by atoms with Crippen molar-refractivity contribution in [2.75, 3.05) is 22.6 Å². The van der Waals surface area contributed by atoms with Crippen molar-refractivity contribution in [3.05, 3.63) is 89.1 Å². The summed E-state index contributed by atoms with van der Waals surface area (Å²) in [5.74, 6) is -3.76. The third kappa shape index (κ3) is 11.1. The van der Waals surface area contributed by atoms with E-state index in [0.29, 0.717) is 29.7 Å². The quantitative estimate of drug-likeness (QED) is 0.106. The number of aryl methyl sites for hydroxylation is 1. The Labute approximate surface area is 346 Å². The van der Waals surface area contributed by atoms with Gasteiger partial charge in [0.1, 0.15) is 22.8 Å². The van der Waals surface area contributed by atoms with Crippen LogP contribution in [0, 0.1) is 11.6 Å². The van der Waals surface area contributed by atoms with Crippen molar-refractivity contribution in [3.63, 3.8) is 0 Å². The monoisotopic (exact) mass is 851 g/mol. The number of fused-ring (bicyclic) bond motifs is 1. The molecule has 0 aliphatic heterocycles. The molecule has 1 saturated carbocycles. The number of aliphatic carboxylic acids is 1. The van der Waals surface area contributed by atoms with E-state index in [4.69, 9.17) is 9.47 Å². The number of carboxylic acids is 1. The third-order valence-corrected chi connectivity index (χ3v) is 11.3. The van der Waals surface area contributed by atoms with Gasteiger partial charge in [0.15, 0.2) is 21.7 Å². The summed E-state index contributed by atoms with van der Waals surface area (Å²) >= 11 is 0. The van der Waals surface area contributed by atoms with Crippen LogP contribution in [0.15, 0.2) is 65.7 Å². The molecule has 4 aromatic rings. The van der Waals surface area contributed by atoms with Crippen molar-refractivity contribution in [1.29, 1.82) is 0 Å². The summed E-state index contributed by atoms with van der Waals surface area (Å²) in [7, 11) is -2.12. The Bertz CT molecular complexity index is 2420. The molecular formula is C42H47F2N5O10S. The number of imide groups is 1. The molecule has 0 bridgehead atoms. The van der Waals surface area contributed by atoms with Crippen LogP contribution in [0.5, 0.6) is 0 Å². The van der Waals surface area contributed by atoms with Crippen LogP contribution in [0.25, 0.3) is 10.8 Å². The van der Waals surface area contributed by atoms with Gasteiger partial charge in [-0.3, -0.25) is 9.59 Å². The molecule has 3 N–H and O–H groups in total. The second-order valence-corrected chi connectivity index (χ2v) is 18.6. The number of hydrogen-bond acceptors (Lipinski definition) is 11. The second-order valence-electron chi connectivity index (χ2n) is 16.4. The highest BCUT2D eigenvalue weighted by atomic mass is 32.2. The van der Waals surface area contributed by atoms with E-state index in [1.165, 1.54) is 60.5 Å². The van der Waals surface area contributed by atoms with Crippen molar-refractivity contribution < 1.29 is 55.8 Å². The zero-order valence-corrected chi connectivity index (χ0v) is 35.0. The maximum absolute atomic E-state index is 15.4. The topological polar surface area (TPSA) is 202 Å². The van der Waals surface area contributed by atoms with Crippen molar-refractivity contribution in [2.45, 2.75) is 101 Å². The maximum atomic E-state index is 15.4. The highest BCUT2D eigenvalue weighted by Crippen LogP contribution is 2.36. The van der Waals surface area contributed by atoms with Crippen LogP contribution in [-0.4, -0.2) is 77.4 Å². The van der Waals surface area contributed by atoms with Gasteiger partial charge in [-0.15, -0.1) is 0 Å². The first-order valence-electron chi connectivity index (χ1n) is 18.9. The first-order valence-corrected chi connectivity index (χ1v) is 20.5. The van der Waals surface area contributed by atoms with Gasteiger partial charge in [0.25, 0.3) is 0 Å². The number of carboxylic acid groups (broad SMARTS) is 1. The fourth-order valence-corrected chi connectivity index (χ4v) is 8.00. The molecule has 320 valence electrons. The Kier molecular flexibility index (Phi) is 13.2. The van der Waals surface area contributed by atoms with Crippen LogP contribution >= 0.6 is 0 Å². The minimum absolute atomic E-state index is 0.00440. The number of nitrogens with zero attached hydrogens (tertiary/aromatic N) is 3. The average molecular weight is 852 g/mol. The van der Waals surface area contributed by atoms with Gasteiger partial charge in [0.2, 0.25) is 12.3 Å². The predicted molar refractivity (Wildman–Crippen MR) is 218 cm³/mol. The van der Waals surface area contributed by atoms with Gasteiger partial charge in [-0.05, 0) is 120 Å². The molecule has 1 atom stereocenters. The summed E-state index contributed by atoms with van der Waals surface area (Å²) in [4.78, 5) is 69.5. The number of carbonyl (C=O) groups excluding carboxylic acids is 4. The number of rotatable bonds is 14. The van der Waals surface area contributed by atoms with Crippen LogP contribution in [-0.2, 0) is 46.7 Å². The Balaban J connectivity index is 1.36. The summed E-state index contributed by atoms with van der Waals surface area (Å²) < 4.78 is 67.4. The van der Waals surface area contributed by atoms with Gasteiger partial charge in [-0.25, -0.2) is 36.6 Å². The molecule has 0 spiro atoms. The first-order chi connectivity index (χ1) is 28.0. The van der Waals surface area contributed by atoms with E-state index in [9.17, 15) is 37.5 Å². The fourth-order valence-electron chi connectivity index (χ4n) is 6.14. The molecule has 60 heavy (non-hydrogen) atoms. The molecule has 1 aromatic heterocycles. The molecular weight excluding hydrogens is 805 g/mol. The second kappa shape index (κ2) is 17.6. The molecule has 1 heterocycles. The molecule has 18 heteroatoms. The number of aromatic nitrogens is 1. The molecule has 3 aromatic carbocycles. The largest absolute Gasteiger partial charge is 0.479 e. The van der Waals surface area contributed by atoms with Gasteiger partial charge in [0, 0.05) is 42.2 Å². The van der Waals surface area contributed by atoms with Crippen LogP contribution in [0.2, 0.25) is 0 Å². The molecule has 0 saturated heterocycles. The highest BCUT2D eigenvalue weighted by Gasteiger charge is 2.38. The molecule has 4 amide bonds. The maximum Gasteiger partial charge on any atom is 0.425 e.